The van der Waals surface area contributed by atoms with E-state index >= 15 is 0 Å². The zero-order valence-electron chi connectivity index (χ0n) is 10.3. The van der Waals surface area contributed by atoms with E-state index in [-0.39, 0.29) is 12.1 Å². The van der Waals surface area contributed by atoms with Gasteiger partial charge in [-0.25, -0.2) is 0 Å². The Balaban J connectivity index is 2.73. The van der Waals surface area contributed by atoms with E-state index in [4.69, 9.17) is 10.4 Å². The summed E-state index contributed by atoms with van der Waals surface area (Å²) >= 11 is 0. The molecule has 1 aromatic carbocycles. The zero-order valence-corrected chi connectivity index (χ0v) is 10.3. The summed E-state index contributed by atoms with van der Waals surface area (Å²) in [5, 5.41) is 22.2. The van der Waals surface area contributed by atoms with Crippen LogP contribution in [-0.4, -0.2) is 23.5 Å². The second kappa shape index (κ2) is 6.81. The average Bonchev–Trinajstić information content (AvgIpc) is 2.37. The van der Waals surface area contributed by atoms with Crippen molar-refractivity contribution in [3.8, 4) is 6.07 Å². The van der Waals surface area contributed by atoms with Gasteiger partial charge in [0.05, 0.1) is 0 Å². The summed E-state index contributed by atoms with van der Waals surface area (Å²) in [6.07, 6.45) is 1.09. The molecular weight excluding hydrogens is 246 g/mol. The van der Waals surface area contributed by atoms with Gasteiger partial charge >= 0.3 is 5.97 Å². The fourth-order valence-corrected chi connectivity index (χ4v) is 1.29. The van der Waals surface area contributed by atoms with E-state index in [0.717, 1.165) is 11.8 Å². The van der Waals surface area contributed by atoms with Crippen LogP contribution in [0, 0.1) is 18.3 Å². The number of aryl methyl sites for hydroxylation is 1. The van der Waals surface area contributed by atoms with Gasteiger partial charge in [0.1, 0.15) is 18.2 Å². The van der Waals surface area contributed by atoms with Gasteiger partial charge in [-0.3, -0.25) is 9.59 Å². The molecule has 0 fully saturated rings. The summed E-state index contributed by atoms with van der Waals surface area (Å²) in [5.74, 6) is -1.66. The minimum Gasteiger partial charge on any atom is -0.480 e. The van der Waals surface area contributed by atoms with Gasteiger partial charge in [0, 0.05) is 11.9 Å². The molecule has 0 aromatic heterocycles. The highest BCUT2D eigenvalue weighted by atomic mass is 16.4. The number of carbonyl (C=O) groups is 2. The number of hydrogen-bond donors (Lipinski definition) is 3. The molecule has 0 aliphatic rings. The van der Waals surface area contributed by atoms with Crippen molar-refractivity contribution < 1.29 is 14.7 Å². The number of amides is 1. The number of benzene rings is 1. The second-order valence-corrected chi connectivity index (χ2v) is 3.71. The van der Waals surface area contributed by atoms with Crippen LogP contribution in [0.2, 0.25) is 0 Å². The molecule has 6 heteroatoms. The number of anilines is 1. The molecule has 0 spiro atoms. The quantitative estimate of drug-likeness (QED) is 0.541. The average molecular weight is 259 g/mol. The Morgan fingerprint density at radius 2 is 2.11 bits per heavy atom. The molecule has 0 aliphatic heterocycles. The number of carboxylic acid groups (broad SMARTS) is 1. The minimum atomic E-state index is -1.08. The summed E-state index contributed by atoms with van der Waals surface area (Å²) in [5.41, 5.74) is 1.28. The number of hydrogen-bond acceptors (Lipinski definition) is 4. The lowest BCUT2D eigenvalue weighted by atomic mass is 10.2. The normalized spacial score (nSPS) is 10.4. The number of carboxylic acids is 1. The summed E-state index contributed by atoms with van der Waals surface area (Å²) < 4.78 is 0. The van der Waals surface area contributed by atoms with E-state index in [2.05, 4.69) is 10.6 Å². The number of rotatable bonds is 5. The maximum atomic E-state index is 11.8. The molecule has 0 saturated heterocycles. The number of carbonyl (C=O) groups excluding carboxylic acids is 1. The topological polar surface area (TPSA) is 102 Å². The number of nitriles is 1. The molecular formula is C13H13N3O3. The third-order valence-electron chi connectivity index (χ3n) is 2.26. The van der Waals surface area contributed by atoms with Crippen molar-refractivity contribution in [1.82, 2.24) is 5.32 Å². The summed E-state index contributed by atoms with van der Waals surface area (Å²) in [6, 6.07) is 8.85. The van der Waals surface area contributed by atoms with E-state index in [9.17, 15) is 9.59 Å². The first-order chi connectivity index (χ1) is 9.04. The zero-order chi connectivity index (χ0) is 14.3. The van der Waals surface area contributed by atoms with Gasteiger partial charge in [-0.1, -0.05) is 18.2 Å². The molecule has 1 rings (SSSR count). The van der Waals surface area contributed by atoms with Gasteiger partial charge in [-0.15, -0.1) is 0 Å². The molecule has 0 atom stereocenters. The first-order valence-corrected chi connectivity index (χ1v) is 5.47. The van der Waals surface area contributed by atoms with Crippen molar-refractivity contribution in [3.05, 3.63) is 41.6 Å². The van der Waals surface area contributed by atoms with Crippen molar-refractivity contribution in [1.29, 1.82) is 5.26 Å². The van der Waals surface area contributed by atoms with Gasteiger partial charge in [-0.2, -0.15) is 5.26 Å². The van der Waals surface area contributed by atoms with Crippen molar-refractivity contribution in [2.75, 3.05) is 11.9 Å². The highest BCUT2D eigenvalue weighted by Crippen LogP contribution is 2.13. The number of nitrogens with one attached hydrogen (secondary N) is 2. The van der Waals surface area contributed by atoms with Crippen LogP contribution in [0.3, 0.4) is 0 Å². The van der Waals surface area contributed by atoms with Gasteiger partial charge in [-0.05, 0) is 18.6 Å². The molecule has 0 unspecified atom stereocenters. The van der Waals surface area contributed by atoms with E-state index < -0.39 is 11.9 Å². The highest BCUT2D eigenvalue weighted by molar-refractivity contribution is 6.06. The van der Waals surface area contributed by atoms with Crippen LogP contribution in [-0.2, 0) is 9.59 Å². The number of aliphatic carboxylic acids is 1. The maximum Gasteiger partial charge on any atom is 0.322 e. The Labute approximate surface area is 110 Å². The van der Waals surface area contributed by atoms with Crippen LogP contribution in [0.15, 0.2) is 36.0 Å². The lowest BCUT2D eigenvalue weighted by molar-refractivity contribution is -0.135. The lowest BCUT2D eigenvalue weighted by Gasteiger charge is -2.07. The second-order valence-electron chi connectivity index (χ2n) is 3.71. The first-order valence-electron chi connectivity index (χ1n) is 5.47. The Morgan fingerprint density at radius 1 is 1.42 bits per heavy atom. The predicted molar refractivity (Wildman–Crippen MR) is 69.1 cm³/mol. The molecule has 0 radical (unpaired) electrons. The summed E-state index contributed by atoms with van der Waals surface area (Å²) in [7, 11) is 0. The van der Waals surface area contributed by atoms with E-state index in [0.29, 0.717) is 5.69 Å². The highest BCUT2D eigenvalue weighted by Gasteiger charge is 2.10. The van der Waals surface area contributed by atoms with E-state index in [1.165, 1.54) is 0 Å². The fourth-order valence-electron chi connectivity index (χ4n) is 1.29. The summed E-state index contributed by atoms with van der Waals surface area (Å²) in [6.45, 7) is 1.47. The maximum absolute atomic E-state index is 11.8. The van der Waals surface area contributed by atoms with Gasteiger partial charge < -0.3 is 15.7 Å². The van der Waals surface area contributed by atoms with Crippen LogP contribution in [0.4, 0.5) is 5.69 Å². The third-order valence-corrected chi connectivity index (χ3v) is 2.26. The fraction of sp³-hybridized carbons (Fsp3) is 0.154. The molecule has 98 valence electrons. The van der Waals surface area contributed by atoms with E-state index in [1.807, 2.05) is 19.1 Å². The molecule has 0 aliphatic carbocycles. The van der Waals surface area contributed by atoms with Gasteiger partial charge in [0.25, 0.3) is 5.91 Å². The standard InChI is InChI=1S/C13H13N3O3/c1-9-4-2-3-5-11(9)16-13(19)10(6-14)7-15-8-12(17)18/h2-5,7,15H,8H2,1H3,(H,16,19)(H,17,18)/b10-7-. The van der Waals surface area contributed by atoms with Crippen molar-refractivity contribution >= 4 is 17.6 Å². The van der Waals surface area contributed by atoms with Crippen molar-refractivity contribution in [2.24, 2.45) is 0 Å². The Morgan fingerprint density at radius 3 is 2.68 bits per heavy atom. The first kappa shape index (κ1) is 14.3. The number of nitrogens with zero attached hydrogens (tertiary/aromatic N) is 1. The smallest absolute Gasteiger partial charge is 0.322 e. The Hall–Kier alpha value is -2.81. The molecule has 0 heterocycles. The molecule has 19 heavy (non-hydrogen) atoms. The van der Waals surface area contributed by atoms with Crippen LogP contribution in [0.25, 0.3) is 0 Å². The predicted octanol–water partition coefficient (Wildman–Crippen LogP) is 1.02. The van der Waals surface area contributed by atoms with Crippen LogP contribution >= 0.6 is 0 Å². The number of para-hydroxylation sites is 1. The lowest BCUT2D eigenvalue weighted by Crippen LogP contribution is -2.21. The van der Waals surface area contributed by atoms with Crippen LogP contribution < -0.4 is 10.6 Å². The molecule has 0 saturated carbocycles. The van der Waals surface area contributed by atoms with Crippen LogP contribution in [0.5, 0.6) is 0 Å². The Kier molecular flexibility index (Phi) is 5.11. The molecule has 1 aromatic rings. The Bertz CT molecular complexity index is 558. The molecule has 1 amide bonds. The SMILES string of the molecule is Cc1ccccc1NC(=O)/C(C#N)=C\NCC(=O)O. The minimum absolute atomic E-state index is 0.190. The van der Waals surface area contributed by atoms with Crippen LogP contribution in [0.1, 0.15) is 5.56 Å². The third kappa shape index (κ3) is 4.52. The summed E-state index contributed by atoms with van der Waals surface area (Å²) in [4.78, 5) is 22.1. The molecule has 0 bridgehead atoms. The van der Waals surface area contributed by atoms with Crippen molar-refractivity contribution in [2.45, 2.75) is 6.92 Å². The van der Waals surface area contributed by atoms with Crippen molar-refractivity contribution in [3.63, 3.8) is 0 Å². The van der Waals surface area contributed by atoms with E-state index in [1.54, 1.807) is 18.2 Å². The largest absolute Gasteiger partial charge is 0.480 e. The van der Waals surface area contributed by atoms with Gasteiger partial charge in [0.15, 0.2) is 0 Å². The molecule has 6 nitrogen and oxygen atoms in total. The monoisotopic (exact) mass is 259 g/mol. The van der Waals surface area contributed by atoms with Gasteiger partial charge in [0.2, 0.25) is 0 Å². The molecule has 3 N–H and O–H groups in total.